The van der Waals surface area contributed by atoms with Gasteiger partial charge in [0, 0.05) is 13.1 Å². The highest BCUT2D eigenvalue weighted by molar-refractivity contribution is 6.42. The first-order valence-electron chi connectivity index (χ1n) is 7.35. The minimum absolute atomic E-state index is 0.00975. The molecule has 3 rings (SSSR count). The van der Waals surface area contributed by atoms with Gasteiger partial charge in [-0.3, -0.25) is 4.79 Å². The number of halogens is 2. The number of nitrogens with one attached hydrogen (secondary N) is 1. The zero-order valence-electron chi connectivity index (χ0n) is 12.2. The molecule has 1 aliphatic heterocycles. The number of fused-ring (bicyclic) bond motifs is 1. The van der Waals surface area contributed by atoms with E-state index < -0.39 is 0 Å². The number of anilines is 1. The number of rotatable bonds is 3. The van der Waals surface area contributed by atoms with Gasteiger partial charge in [0.05, 0.1) is 33.6 Å². The van der Waals surface area contributed by atoms with Crippen LogP contribution < -0.4 is 4.90 Å². The predicted octanol–water partition coefficient (Wildman–Crippen LogP) is 3.65. The standard InChI is InChI=1S/C15H17Cl2N3O2/c1-2-22-14(21)9-3-5-20(6-4-9)15-18-12-7-10(16)11(17)8-13(12)19-15/h7-9H,2-6H2,1H3,(H,18,19). The third-order valence-electron chi connectivity index (χ3n) is 3.93. The third kappa shape index (κ3) is 3.01. The summed E-state index contributed by atoms with van der Waals surface area (Å²) in [6.45, 7) is 3.80. The smallest absolute Gasteiger partial charge is 0.309 e. The quantitative estimate of drug-likeness (QED) is 0.865. The van der Waals surface area contributed by atoms with Gasteiger partial charge in [-0.15, -0.1) is 0 Å². The van der Waals surface area contributed by atoms with Crippen LogP contribution in [0.3, 0.4) is 0 Å². The molecule has 22 heavy (non-hydrogen) atoms. The van der Waals surface area contributed by atoms with E-state index in [4.69, 9.17) is 27.9 Å². The van der Waals surface area contributed by atoms with E-state index in [0.717, 1.165) is 42.9 Å². The number of H-pyrrole nitrogens is 1. The summed E-state index contributed by atoms with van der Waals surface area (Å²) in [6.07, 6.45) is 1.55. The van der Waals surface area contributed by atoms with E-state index in [0.29, 0.717) is 16.7 Å². The van der Waals surface area contributed by atoms with E-state index in [1.54, 1.807) is 12.1 Å². The molecule has 0 spiro atoms. The number of ether oxygens (including phenoxy) is 1. The number of aromatic nitrogens is 2. The second kappa shape index (κ2) is 6.34. The van der Waals surface area contributed by atoms with Crippen molar-refractivity contribution in [2.45, 2.75) is 19.8 Å². The predicted molar refractivity (Wildman–Crippen MR) is 87.7 cm³/mol. The molecule has 1 fully saturated rings. The minimum Gasteiger partial charge on any atom is -0.466 e. The van der Waals surface area contributed by atoms with Crippen LogP contribution in [-0.2, 0) is 9.53 Å². The Morgan fingerprint density at radius 1 is 1.36 bits per heavy atom. The highest BCUT2D eigenvalue weighted by Gasteiger charge is 2.27. The molecule has 0 amide bonds. The molecule has 2 aromatic rings. The molecule has 5 nitrogen and oxygen atoms in total. The van der Waals surface area contributed by atoms with Crippen LogP contribution in [0.2, 0.25) is 10.0 Å². The van der Waals surface area contributed by atoms with Crippen molar-refractivity contribution < 1.29 is 9.53 Å². The lowest BCUT2D eigenvalue weighted by Gasteiger charge is -2.30. The summed E-state index contributed by atoms with van der Waals surface area (Å²) in [4.78, 5) is 21.7. The number of piperidine rings is 1. The average molecular weight is 342 g/mol. The van der Waals surface area contributed by atoms with Crippen LogP contribution in [-0.4, -0.2) is 35.6 Å². The number of aromatic amines is 1. The summed E-state index contributed by atoms with van der Waals surface area (Å²) >= 11 is 12.0. The molecule has 1 aromatic carbocycles. The van der Waals surface area contributed by atoms with Gasteiger partial charge < -0.3 is 14.6 Å². The maximum atomic E-state index is 11.8. The van der Waals surface area contributed by atoms with Gasteiger partial charge in [0.2, 0.25) is 5.95 Å². The lowest BCUT2D eigenvalue weighted by molar-refractivity contribution is -0.148. The highest BCUT2D eigenvalue weighted by atomic mass is 35.5. The SMILES string of the molecule is CCOC(=O)C1CCN(c2nc3cc(Cl)c(Cl)cc3[nH]2)CC1. The van der Waals surface area contributed by atoms with E-state index in [1.807, 2.05) is 6.92 Å². The summed E-state index contributed by atoms with van der Waals surface area (Å²) in [5.74, 6) is 0.686. The Hall–Kier alpha value is -1.46. The van der Waals surface area contributed by atoms with Gasteiger partial charge in [0.15, 0.2) is 0 Å². The first-order chi connectivity index (χ1) is 10.6. The second-order valence-electron chi connectivity index (χ2n) is 5.36. The van der Waals surface area contributed by atoms with Gasteiger partial charge >= 0.3 is 5.97 Å². The van der Waals surface area contributed by atoms with E-state index in [1.165, 1.54) is 0 Å². The molecule has 0 aliphatic carbocycles. The molecular formula is C15H17Cl2N3O2. The molecule has 2 heterocycles. The first-order valence-corrected chi connectivity index (χ1v) is 8.10. The normalized spacial score (nSPS) is 16.2. The Morgan fingerprint density at radius 2 is 2.05 bits per heavy atom. The number of carbonyl (C=O) groups excluding carboxylic acids is 1. The van der Waals surface area contributed by atoms with Gasteiger partial charge in [0.25, 0.3) is 0 Å². The zero-order valence-corrected chi connectivity index (χ0v) is 13.7. The van der Waals surface area contributed by atoms with Gasteiger partial charge in [-0.2, -0.15) is 0 Å². The molecule has 0 unspecified atom stereocenters. The Morgan fingerprint density at radius 3 is 2.73 bits per heavy atom. The molecule has 1 saturated heterocycles. The van der Waals surface area contributed by atoms with Crippen LogP contribution in [0.25, 0.3) is 11.0 Å². The summed E-state index contributed by atoms with van der Waals surface area (Å²) in [5.41, 5.74) is 1.65. The molecular weight excluding hydrogens is 325 g/mol. The summed E-state index contributed by atoms with van der Waals surface area (Å²) in [6, 6.07) is 3.53. The Labute approximate surface area is 138 Å². The number of hydrogen-bond donors (Lipinski definition) is 1. The van der Waals surface area contributed by atoms with Crippen molar-refractivity contribution in [1.29, 1.82) is 0 Å². The molecule has 0 radical (unpaired) electrons. The van der Waals surface area contributed by atoms with E-state index in [2.05, 4.69) is 14.9 Å². The Balaban J connectivity index is 1.72. The van der Waals surface area contributed by atoms with E-state index in [9.17, 15) is 4.79 Å². The summed E-state index contributed by atoms with van der Waals surface area (Å²) in [5, 5.41) is 0.999. The molecule has 1 aromatic heterocycles. The van der Waals surface area contributed by atoms with Crippen LogP contribution in [0.15, 0.2) is 12.1 Å². The van der Waals surface area contributed by atoms with Crippen LogP contribution in [0.4, 0.5) is 5.95 Å². The fourth-order valence-corrected chi connectivity index (χ4v) is 3.05. The van der Waals surface area contributed by atoms with Crippen molar-refractivity contribution in [2.24, 2.45) is 5.92 Å². The maximum Gasteiger partial charge on any atom is 0.309 e. The molecule has 1 N–H and O–H groups in total. The molecule has 118 valence electrons. The van der Waals surface area contributed by atoms with Gasteiger partial charge in [0.1, 0.15) is 0 Å². The van der Waals surface area contributed by atoms with Crippen molar-refractivity contribution in [3.8, 4) is 0 Å². The second-order valence-corrected chi connectivity index (χ2v) is 6.17. The van der Waals surface area contributed by atoms with E-state index in [-0.39, 0.29) is 11.9 Å². The fourth-order valence-electron chi connectivity index (χ4n) is 2.73. The first kappa shape index (κ1) is 15.4. The topological polar surface area (TPSA) is 58.2 Å². The van der Waals surface area contributed by atoms with Crippen LogP contribution in [0.1, 0.15) is 19.8 Å². The number of benzene rings is 1. The molecule has 0 saturated carbocycles. The monoisotopic (exact) mass is 341 g/mol. The highest BCUT2D eigenvalue weighted by Crippen LogP contribution is 2.29. The largest absolute Gasteiger partial charge is 0.466 e. The number of nitrogens with zero attached hydrogens (tertiary/aromatic N) is 2. The average Bonchev–Trinajstić information content (AvgIpc) is 2.91. The van der Waals surface area contributed by atoms with Crippen molar-refractivity contribution in [2.75, 3.05) is 24.6 Å². The van der Waals surface area contributed by atoms with Crippen molar-refractivity contribution in [3.05, 3.63) is 22.2 Å². The van der Waals surface area contributed by atoms with Crippen molar-refractivity contribution >= 4 is 46.2 Å². The fraction of sp³-hybridized carbons (Fsp3) is 0.467. The van der Waals surface area contributed by atoms with Crippen molar-refractivity contribution in [1.82, 2.24) is 9.97 Å². The van der Waals surface area contributed by atoms with Crippen LogP contribution >= 0.6 is 23.2 Å². The molecule has 1 aliphatic rings. The Bertz CT molecular complexity index is 654. The minimum atomic E-state index is -0.0923. The summed E-state index contributed by atoms with van der Waals surface area (Å²) in [7, 11) is 0. The van der Waals surface area contributed by atoms with Crippen molar-refractivity contribution in [3.63, 3.8) is 0 Å². The van der Waals surface area contributed by atoms with E-state index >= 15 is 0 Å². The van der Waals surface area contributed by atoms with Gasteiger partial charge in [-0.25, -0.2) is 4.98 Å². The number of carbonyl (C=O) groups is 1. The molecule has 0 atom stereocenters. The molecule has 0 bridgehead atoms. The van der Waals surface area contributed by atoms with Gasteiger partial charge in [-0.05, 0) is 31.9 Å². The summed E-state index contributed by atoms with van der Waals surface area (Å²) < 4.78 is 5.09. The zero-order chi connectivity index (χ0) is 15.7. The van der Waals surface area contributed by atoms with Crippen LogP contribution in [0.5, 0.6) is 0 Å². The number of esters is 1. The van der Waals surface area contributed by atoms with Crippen LogP contribution in [0, 0.1) is 5.92 Å². The molecule has 7 heteroatoms. The lowest BCUT2D eigenvalue weighted by Crippen LogP contribution is -2.37. The Kier molecular flexibility index (Phi) is 4.45. The number of hydrogen-bond acceptors (Lipinski definition) is 4. The lowest BCUT2D eigenvalue weighted by atomic mass is 9.97. The van der Waals surface area contributed by atoms with Gasteiger partial charge in [-0.1, -0.05) is 23.2 Å². The third-order valence-corrected chi connectivity index (χ3v) is 4.65. The number of imidazole rings is 1. The maximum absolute atomic E-state index is 11.8.